The summed E-state index contributed by atoms with van der Waals surface area (Å²) < 4.78 is 69.5. The van der Waals surface area contributed by atoms with E-state index in [4.69, 9.17) is 29.8 Å². The van der Waals surface area contributed by atoms with Crippen LogP contribution in [0.2, 0.25) is 0 Å². The first-order valence-electron chi connectivity index (χ1n) is 12.3. The molecule has 3 N–H and O–H groups in total. The number of aliphatic carboxylic acids is 2. The summed E-state index contributed by atoms with van der Waals surface area (Å²) in [5, 5.41) is 26.2. The van der Waals surface area contributed by atoms with E-state index in [0.29, 0.717) is 37.3 Å². The smallest absolute Gasteiger partial charge is 0.475 e. The number of carbonyl (C=O) groups is 4. The zero-order valence-corrected chi connectivity index (χ0v) is 22.7. The molecule has 2 aliphatic rings. The Morgan fingerprint density at radius 1 is 1.05 bits per heavy atom. The van der Waals surface area contributed by atoms with Crippen LogP contribution in [-0.4, -0.2) is 106 Å². The minimum absolute atomic E-state index is 0.0863. The SMILES string of the molecule is CN1CC2(CN(C(=O)c3cccc(C#N)c3)C2)OCC1C(=O)NCc1cccnc1.O=C(O)C(F)(F)F.O=C(O)C(F)(F)F. The maximum atomic E-state index is 12.7. The second kappa shape index (κ2) is 14.6. The molecule has 238 valence electrons. The lowest BCUT2D eigenvalue weighted by Gasteiger charge is -2.54. The number of benzene rings is 1. The van der Waals surface area contributed by atoms with Gasteiger partial charge >= 0.3 is 24.3 Å². The van der Waals surface area contributed by atoms with Gasteiger partial charge in [-0.25, -0.2) is 9.59 Å². The lowest BCUT2D eigenvalue weighted by Crippen LogP contribution is -2.73. The number of hydrogen-bond donors (Lipinski definition) is 3. The summed E-state index contributed by atoms with van der Waals surface area (Å²) in [5.41, 5.74) is 1.46. The van der Waals surface area contributed by atoms with Crippen LogP contribution >= 0.6 is 0 Å². The fourth-order valence-electron chi connectivity index (χ4n) is 3.97. The Kier molecular flexibility index (Phi) is 11.8. The third-order valence-corrected chi connectivity index (χ3v) is 6.08. The number of nitriles is 1. The Morgan fingerprint density at radius 3 is 2.11 bits per heavy atom. The summed E-state index contributed by atoms with van der Waals surface area (Å²) in [7, 11) is 1.90. The first kappa shape index (κ1) is 35.4. The van der Waals surface area contributed by atoms with Crippen LogP contribution in [-0.2, 0) is 25.7 Å². The van der Waals surface area contributed by atoms with Crippen LogP contribution in [0, 0.1) is 11.3 Å². The monoisotopic (exact) mass is 633 g/mol. The molecule has 4 rings (SSSR count). The highest BCUT2D eigenvalue weighted by Gasteiger charge is 2.51. The van der Waals surface area contributed by atoms with E-state index in [0.717, 1.165) is 5.56 Å². The Bertz CT molecular complexity index is 1350. The van der Waals surface area contributed by atoms with Gasteiger partial charge in [0.1, 0.15) is 11.6 Å². The molecule has 1 atom stereocenters. The van der Waals surface area contributed by atoms with E-state index in [1.807, 2.05) is 24.1 Å². The summed E-state index contributed by atoms with van der Waals surface area (Å²) in [6.07, 6.45) is -6.75. The minimum Gasteiger partial charge on any atom is -0.475 e. The molecule has 1 spiro atoms. The van der Waals surface area contributed by atoms with Crippen LogP contribution < -0.4 is 5.32 Å². The second-order valence-corrected chi connectivity index (χ2v) is 9.46. The van der Waals surface area contributed by atoms with Crippen LogP contribution in [0.25, 0.3) is 0 Å². The quantitative estimate of drug-likeness (QED) is 0.423. The molecule has 12 nitrogen and oxygen atoms in total. The minimum atomic E-state index is -5.08. The normalized spacial score (nSPS) is 17.4. The molecule has 0 saturated carbocycles. The van der Waals surface area contributed by atoms with Crippen molar-refractivity contribution in [3.05, 3.63) is 65.5 Å². The van der Waals surface area contributed by atoms with Crippen molar-refractivity contribution in [2.75, 3.05) is 33.3 Å². The Labute approximate surface area is 245 Å². The van der Waals surface area contributed by atoms with Gasteiger partial charge in [0.2, 0.25) is 5.91 Å². The summed E-state index contributed by atoms with van der Waals surface area (Å²) in [5.74, 6) is -5.71. The van der Waals surface area contributed by atoms with E-state index in [1.54, 1.807) is 41.6 Å². The zero-order chi connectivity index (χ0) is 33.3. The lowest BCUT2D eigenvalue weighted by atomic mass is 9.90. The van der Waals surface area contributed by atoms with E-state index in [9.17, 15) is 35.9 Å². The largest absolute Gasteiger partial charge is 0.490 e. The van der Waals surface area contributed by atoms with Crippen LogP contribution in [0.4, 0.5) is 26.3 Å². The number of carbonyl (C=O) groups excluding carboxylic acids is 2. The number of amides is 2. The maximum absolute atomic E-state index is 12.7. The lowest BCUT2D eigenvalue weighted by molar-refractivity contribution is -0.193. The van der Waals surface area contributed by atoms with Crippen molar-refractivity contribution < 1.29 is 60.5 Å². The highest BCUT2D eigenvalue weighted by Crippen LogP contribution is 2.31. The molecule has 0 aliphatic carbocycles. The molecule has 2 fully saturated rings. The fraction of sp³-hybridized carbons (Fsp3) is 0.385. The van der Waals surface area contributed by atoms with E-state index < -0.39 is 29.9 Å². The second-order valence-electron chi connectivity index (χ2n) is 9.46. The van der Waals surface area contributed by atoms with Crippen molar-refractivity contribution in [2.45, 2.75) is 30.5 Å². The van der Waals surface area contributed by atoms with E-state index >= 15 is 0 Å². The van der Waals surface area contributed by atoms with Crippen molar-refractivity contribution >= 4 is 23.8 Å². The van der Waals surface area contributed by atoms with Crippen molar-refractivity contribution in [3.8, 4) is 6.07 Å². The predicted octanol–water partition coefficient (Wildman–Crippen LogP) is 2.06. The first-order valence-corrected chi connectivity index (χ1v) is 12.3. The van der Waals surface area contributed by atoms with Crippen LogP contribution in [0.5, 0.6) is 0 Å². The third-order valence-electron chi connectivity index (χ3n) is 6.08. The van der Waals surface area contributed by atoms with E-state index in [-0.39, 0.29) is 24.5 Å². The molecular formula is C26H25F6N5O7. The molecule has 0 radical (unpaired) electrons. The number of morpholine rings is 1. The van der Waals surface area contributed by atoms with Crippen LogP contribution in [0.3, 0.4) is 0 Å². The molecule has 2 aliphatic heterocycles. The standard InChI is InChI=1S/C22H23N5O3.2C2HF3O2/c1-26-13-22(14-27(15-22)21(29)18-6-2-4-16(8-18)9-23)30-12-19(26)20(28)25-11-17-5-3-7-24-10-17;2*3-2(4,5)1(6)7/h2-8,10,19H,11-15H2,1H3,(H,25,28);2*(H,6,7). The van der Waals surface area contributed by atoms with Gasteiger partial charge in [0.05, 0.1) is 31.3 Å². The molecule has 1 aromatic carbocycles. The molecule has 2 aromatic rings. The van der Waals surface area contributed by atoms with Gasteiger partial charge in [-0.1, -0.05) is 12.1 Å². The molecule has 3 heterocycles. The number of carboxylic acids is 2. The van der Waals surface area contributed by atoms with Gasteiger partial charge in [-0.2, -0.15) is 31.6 Å². The molecule has 18 heteroatoms. The number of nitrogens with zero attached hydrogens (tertiary/aromatic N) is 4. The van der Waals surface area contributed by atoms with Gasteiger partial charge < -0.3 is 25.2 Å². The summed E-state index contributed by atoms with van der Waals surface area (Å²) in [4.78, 5) is 50.8. The Hall–Kier alpha value is -4.76. The average molecular weight is 634 g/mol. The van der Waals surface area contributed by atoms with Gasteiger partial charge in [-0.15, -0.1) is 0 Å². The number of aromatic nitrogens is 1. The summed E-state index contributed by atoms with van der Waals surface area (Å²) >= 11 is 0. The number of likely N-dealkylation sites (tertiary alicyclic amines) is 1. The van der Waals surface area contributed by atoms with E-state index in [2.05, 4.69) is 16.4 Å². The number of alkyl halides is 6. The number of carboxylic acid groups (broad SMARTS) is 2. The average Bonchev–Trinajstić information content (AvgIpc) is 2.94. The molecule has 1 aromatic heterocycles. The number of likely N-dealkylation sites (N-methyl/N-ethyl adjacent to an activating group) is 1. The Morgan fingerprint density at radius 2 is 1.64 bits per heavy atom. The fourth-order valence-corrected chi connectivity index (χ4v) is 3.97. The number of hydrogen-bond acceptors (Lipinski definition) is 8. The van der Waals surface area contributed by atoms with E-state index in [1.165, 1.54) is 0 Å². The summed E-state index contributed by atoms with van der Waals surface area (Å²) in [6.45, 7) is 2.21. The number of ether oxygens (including phenoxy) is 1. The summed E-state index contributed by atoms with van der Waals surface area (Å²) in [6, 6.07) is 12.1. The number of nitrogens with one attached hydrogen (secondary N) is 1. The van der Waals surface area contributed by atoms with Gasteiger partial charge in [0.25, 0.3) is 5.91 Å². The van der Waals surface area contributed by atoms with Crippen molar-refractivity contribution in [2.24, 2.45) is 0 Å². The number of halogens is 6. The molecule has 44 heavy (non-hydrogen) atoms. The molecular weight excluding hydrogens is 608 g/mol. The number of pyridine rings is 1. The van der Waals surface area contributed by atoms with Gasteiger partial charge in [0.15, 0.2) is 0 Å². The zero-order valence-electron chi connectivity index (χ0n) is 22.7. The highest BCUT2D eigenvalue weighted by atomic mass is 19.4. The van der Waals surface area contributed by atoms with Crippen molar-refractivity contribution in [1.82, 2.24) is 20.1 Å². The highest BCUT2D eigenvalue weighted by molar-refractivity contribution is 5.95. The van der Waals surface area contributed by atoms with Crippen molar-refractivity contribution in [3.63, 3.8) is 0 Å². The topological polar surface area (TPSA) is 173 Å². The molecule has 1 unspecified atom stereocenters. The van der Waals surface area contributed by atoms with Crippen LogP contribution in [0.1, 0.15) is 21.5 Å². The van der Waals surface area contributed by atoms with Gasteiger partial charge in [0, 0.05) is 31.0 Å². The number of rotatable bonds is 4. The first-order chi connectivity index (χ1) is 20.4. The predicted molar refractivity (Wildman–Crippen MR) is 136 cm³/mol. The van der Waals surface area contributed by atoms with Gasteiger partial charge in [-0.3, -0.25) is 19.5 Å². The third kappa shape index (κ3) is 10.2. The maximum Gasteiger partial charge on any atom is 0.490 e. The molecule has 0 bridgehead atoms. The molecule has 2 amide bonds. The Balaban J connectivity index is 0.000000402. The van der Waals surface area contributed by atoms with Gasteiger partial charge in [-0.05, 0) is 36.9 Å². The molecule has 2 saturated heterocycles. The van der Waals surface area contributed by atoms with Crippen molar-refractivity contribution in [1.29, 1.82) is 5.26 Å². The van der Waals surface area contributed by atoms with Crippen LogP contribution in [0.15, 0.2) is 48.8 Å².